The summed E-state index contributed by atoms with van der Waals surface area (Å²) in [6.07, 6.45) is 0. The lowest BCUT2D eigenvalue weighted by Crippen LogP contribution is -1.93. The van der Waals surface area contributed by atoms with Gasteiger partial charge in [0.2, 0.25) is 5.82 Å². The van der Waals surface area contributed by atoms with Crippen LogP contribution in [0.5, 0.6) is 5.75 Å². The van der Waals surface area contributed by atoms with Gasteiger partial charge in [0, 0.05) is 5.02 Å². The van der Waals surface area contributed by atoms with E-state index >= 15 is 0 Å². The minimum atomic E-state index is 0.299. The maximum atomic E-state index is 5.84. The van der Waals surface area contributed by atoms with Crippen molar-refractivity contribution in [3.63, 3.8) is 0 Å². The summed E-state index contributed by atoms with van der Waals surface area (Å²) in [5, 5.41) is 6.60. The molecule has 0 fully saturated rings. The molecule has 0 N–H and O–H groups in total. The molecule has 0 aliphatic heterocycles. The molecule has 5 nitrogen and oxygen atoms in total. The average Bonchev–Trinajstić information content (AvgIpc) is 3.33. The SMILES string of the molecule is Clc1ccc(OCc2ccc(-c3nc(-c4cccs4)no3)o2)cc1. The lowest BCUT2D eigenvalue weighted by atomic mass is 10.3. The molecule has 0 aliphatic carbocycles. The van der Waals surface area contributed by atoms with Crippen molar-refractivity contribution in [2.45, 2.75) is 6.61 Å². The summed E-state index contributed by atoms with van der Waals surface area (Å²) in [5.74, 6) is 2.79. The van der Waals surface area contributed by atoms with Crippen LogP contribution in [0.4, 0.5) is 0 Å². The van der Waals surface area contributed by atoms with E-state index in [4.69, 9.17) is 25.3 Å². The van der Waals surface area contributed by atoms with Crippen LogP contribution in [-0.2, 0) is 6.61 Å². The predicted molar refractivity (Wildman–Crippen MR) is 91.1 cm³/mol. The Morgan fingerprint density at radius 3 is 2.75 bits per heavy atom. The third-order valence-electron chi connectivity index (χ3n) is 3.23. The molecule has 7 heteroatoms. The zero-order valence-corrected chi connectivity index (χ0v) is 13.9. The molecular weight excluding hydrogens is 348 g/mol. The fraction of sp³-hybridized carbons (Fsp3) is 0.0588. The van der Waals surface area contributed by atoms with Crippen LogP contribution in [0, 0.1) is 0 Å². The molecule has 3 aromatic heterocycles. The van der Waals surface area contributed by atoms with Gasteiger partial charge in [-0.05, 0) is 47.8 Å². The first-order chi connectivity index (χ1) is 11.8. The number of rotatable bonds is 5. The van der Waals surface area contributed by atoms with E-state index in [0.29, 0.717) is 34.9 Å². The van der Waals surface area contributed by atoms with E-state index in [9.17, 15) is 0 Å². The smallest absolute Gasteiger partial charge is 0.293 e. The van der Waals surface area contributed by atoms with Gasteiger partial charge < -0.3 is 13.7 Å². The maximum Gasteiger partial charge on any atom is 0.293 e. The van der Waals surface area contributed by atoms with Gasteiger partial charge in [0.15, 0.2) is 5.76 Å². The molecule has 4 aromatic rings. The van der Waals surface area contributed by atoms with Crippen LogP contribution < -0.4 is 4.74 Å². The van der Waals surface area contributed by atoms with E-state index in [2.05, 4.69) is 10.1 Å². The van der Waals surface area contributed by atoms with Gasteiger partial charge in [-0.3, -0.25) is 0 Å². The predicted octanol–water partition coefficient (Wildman–Crippen LogP) is 5.29. The van der Waals surface area contributed by atoms with Crippen LogP contribution in [0.3, 0.4) is 0 Å². The first-order valence-electron chi connectivity index (χ1n) is 7.13. The summed E-state index contributed by atoms with van der Waals surface area (Å²) >= 11 is 7.39. The van der Waals surface area contributed by atoms with E-state index < -0.39 is 0 Å². The minimum Gasteiger partial charge on any atom is -0.486 e. The van der Waals surface area contributed by atoms with E-state index in [1.54, 1.807) is 41.7 Å². The number of ether oxygens (including phenoxy) is 1. The van der Waals surface area contributed by atoms with Gasteiger partial charge in [-0.25, -0.2) is 0 Å². The van der Waals surface area contributed by atoms with Crippen LogP contribution in [0.15, 0.2) is 62.9 Å². The number of aromatic nitrogens is 2. The Kier molecular flexibility index (Phi) is 4.06. The highest BCUT2D eigenvalue weighted by atomic mass is 35.5. The summed E-state index contributed by atoms with van der Waals surface area (Å²) in [4.78, 5) is 5.29. The Balaban J connectivity index is 1.45. The molecule has 1 aromatic carbocycles. The number of furan rings is 1. The monoisotopic (exact) mass is 358 g/mol. The summed E-state index contributed by atoms with van der Waals surface area (Å²) in [5.41, 5.74) is 0. The fourth-order valence-electron chi connectivity index (χ4n) is 2.09. The van der Waals surface area contributed by atoms with Crippen molar-refractivity contribution in [1.29, 1.82) is 0 Å². The molecule has 3 heterocycles. The summed E-state index contributed by atoms with van der Waals surface area (Å²) < 4.78 is 16.6. The van der Waals surface area contributed by atoms with Crippen molar-refractivity contribution in [3.05, 3.63) is 64.7 Å². The fourth-order valence-corrected chi connectivity index (χ4v) is 2.86. The van der Waals surface area contributed by atoms with Crippen molar-refractivity contribution in [2.24, 2.45) is 0 Å². The molecule has 0 atom stereocenters. The van der Waals surface area contributed by atoms with Crippen LogP contribution >= 0.6 is 22.9 Å². The Labute approximate surface area is 146 Å². The molecule has 0 saturated carbocycles. The quantitative estimate of drug-likeness (QED) is 0.485. The number of halogens is 1. The standard InChI is InChI=1S/C17H11ClN2O3S/c18-11-3-5-12(6-4-11)21-10-13-7-8-14(22-13)17-19-16(20-23-17)15-2-1-9-24-15/h1-9H,10H2. The van der Waals surface area contributed by atoms with Crippen LogP contribution in [0.1, 0.15) is 5.76 Å². The van der Waals surface area contributed by atoms with E-state index in [-0.39, 0.29) is 0 Å². The second-order valence-electron chi connectivity index (χ2n) is 4.91. The third kappa shape index (κ3) is 3.20. The summed E-state index contributed by atoms with van der Waals surface area (Å²) in [6.45, 7) is 0.299. The van der Waals surface area contributed by atoms with Crippen molar-refractivity contribution < 1.29 is 13.7 Å². The molecule has 4 rings (SSSR count). The van der Waals surface area contributed by atoms with Gasteiger partial charge in [-0.15, -0.1) is 11.3 Å². The second-order valence-corrected chi connectivity index (χ2v) is 6.29. The van der Waals surface area contributed by atoms with Gasteiger partial charge in [-0.1, -0.05) is 22.8 Å². The average molecular weight is 359 g/mol. The first-order valence-corrected chi connectivity index (χ1v) is 8.39. The van der Waals surface area contributed by atoms with Crippen molar-refractivity contribution in [2.75, 3.05) is 0 Å². The Bertz CT molecular complexity index is 929. The number of thiophene rings is 1. The molecule has 0 aliphatic rings. The van der Waals surface area contributed by atoms with Crippen LogP contribution in [-0.4, -0.2) is 10.1 Å². The molecule has 120 valence electrons. The Hall–Kier alpha value is -2.57. The highest BCUT2D eigenvalue weighted by Gasteiger charge is 2.15. The Morgan fingerprint density at radius 2 is 1.96 bits per heavy atom. The lowest BCUT2D eigenvalue weighted by Gasteiger charge is -2.03. The molecule has 0 amide bonds. The molecule has 0 unspecified atom stereocenters. The highest BCUT2D eigenvalue weighted by molar-refractivity contribution is 7.13. The first kappa shape index (κ1) is 15.0. The maximum absolute atomic E-state index is 5.84. The second kappa shape index (κ2) is 6.51. The van der Waals surface area contributed by atoms with Gasteiger partial charge in [0.25, 0.3) is 5.89 Å². The van der Waals surface area contributed by atoms with Crippen molar-refractivity contribution in [1.82, 2.24) is 10.1 Å². The zero-order valence-electron chi connectivity index (χ0n) is 12.3. The molecule has 0 bridgehead atoms. The zero-order chi connectivity index (χ0) is 16.4. The van der Waals surface area contributed by atoms with Crippen molar-refractivity contribution in [3.8, 4) is 28.1 Å². The minimum absolute atomic E-state index is 0.299. The number of hydrogen-bond acceptors (Lipinski definition) is 6. The van der Waals surface area contributed by atoms with Crippen molar-refractivity contribution >= 4 is 22.9 Å². The topological polar surface area (TPSA) is 61.3 Å². The number of benzene rings is 1. The highest BCUT2D eigenvalue weighted by Crippen LogP contribution is 2.27. The molecular formula is C17H11ClN2O3S. The number of nitrogens with zero attached hydrogens (tertiary/aromatic N) is 2. The van der Waals surface area contributed by atoms with Gasteiger partial charge in [0.05, 0.1) is 4.88 Å². The molecule has 0 saturated heterocycles. The third-order valence-corrected chi connectivity index (χ3v) is 4.35. The summed E-state index contributed by atoms with van der Waals surface area (Å²) in [6, 6.07) is 14.6. The van der Waals surface area contributed by atoms with Gasteiger partial charge in [-0.2, -0.15) is 4.98 Å². The van der Waals surface area contributed by atoms with E-state index in [1.165, 1.54) is 0 Å². The number of hydrogen-bond donors (Lipinski definition) is 0. The van der Waals surface area contributed by atoms with E-state index in [1.807, 2.05) is 23.6 Å². The normalized spacial score (nSPS) is 10.9. The van der Waals surface area contributed by atoms with Crippen LogP contribution in [0.2, 0.25) is 5.02 Å². The van der Waals surface area contributed by atoms with E-state index in [0.717, 1.165) is 10.6 Å². The van der Waals surface area contributed by atoms with Gasteiger partial charge in [0.1, 0.15) is 18.1 Å². The largest absolute Gasteiger partial charge is 0.486 e. The van der Waals surface area contributed by atoms with Crippen LogP contribution in [0.25, 0.3) is 22.4 Å². The molecule has 0 spiro atoms. The lowest BCUT2D eigenvalue weighted by molar-refractivity contribution is 0.270. The Morgan fingerprint density at radius 1 is 1.08 bits per heavy atom. The van der Waals surface area contributed by atoms with Gasteiger partial charge >= 0.3 is 0 Å². The molecule has 24 heavy (non-hydrogen) atoms. The molecule has 0 radical (unpaired) electrons. The summed E-state index contributed by atoms with van der Waals surface area (Å²) in [7, 11) is 0.